The Morgan fingerprint density at radius 3 is 0.940 bits per heavy atom. The lowest BCUT2D eigenvalue weighted by atomic mass is 10.0. The maximum absolute atomic E-state index is 12.5. The fourth-order valence-electron chi connectivity index (χ4n) is 11.9. The van der Waals surface area contributed by atoms with E-state index in [0.717, 1.165) is 51.4 Å². The van der Waals surface area contributed by atoms with Crippen molar-refractivity contribution in [2.75, 3.05) is 13.2 Å². The minimum Gasteiger partial charge on any atom is -0.466 e. The molecule has 0 aliphatic rings. The number of allylic oxidation sites excluding steroid dienone is 5. The van der Waals surface area contributed by atoms with Gasteiger partial charge in [-0.1, -0.05) is 378 Å². The average Bonchev–Trinajstić information content (AvgIpc) is 3.48. The van der Waals surface area contributed by atoms with Crippen molar-refractivity contribution in [3.05, 3.63) is 36.5 Å². The van der Waals surface area contributed by atoms with Gasteiger partial charge in [0, 0.05) is 12.8 Å². The van der Waals surface area contributed by atoms with Crippen LogP contribution in [-0.2, 0) is 14.3 Å². The largest absolute Gasteiger partial charge is 0.466 e. The molecule has 6 heteroatoms. The van der Waals surface area contributed by atoms with Gasteiger partial charge >= 0.3 is 5.97 Å². The van der Waals surface area contributed by atoms with Gasteiger partial charge in [-0.3, -0.25) is 9.59 Å². The monoisotopic (exact) mass is 1170 g/mol. The van der Waals surface area contributed by atoms with E-state index in [-0.39, 0.29) is 18.5 Å². The van der Waals surface area contributed by atoms with Crippen molar-refractivity contribution >= 4 is 11.9 Å². The van der Waals surface area contributed by atoms with Crippen molar-refractivity contribution < 1.29 is 24.5 Å². The van der Waals surface area contributed by atoms with Crippen LogP contribution in [0.2, 0.25) is 0 Å². The Labute approximate surface area is 519 Å². The van der Waals surface area contributed by atoms with Gasteiger partial charge in [0.25, 0.3) is 0 Å². The highest BCUT2D eigenvalue weighted by atomic mass is 16.5. The van der Waals surface area contributed by atoms with Crippen LogP contribution < -0.4 is 5.32 Å². The van der Waals surface area contributed by atoms with Crippen LogP contribution >= 0.6 is 0 Å². The van der Waals surface area contributed by atoms with Crippen LogP contribution in [0.15, 0.2) is 36.5 Å². The summed E-state index contributed by atoms with van der Waals surface area (Å²) in [7, 11) is 0. The molecule has 490 valence electrons. The highest BCUT2D eigenvalue weighted by Gasteiger charge is 2.18. The van der Waals surface area contributed by atoms with Gasteiger partial charge in [-0.05, 0) is 64.2 Å². The lowest BCUT2D eigenvalue weighted by molar-refractivity contribution is -0.143. The molecule has 0 aliphatic carbocycles. The molecule has 0 bridgehead atoms. The van der Waals surface area contributed by atoms with Crippen LogP contribution in [0.1, 0.15) is 418 Å². The molecule has 83 heavy (non-hydrogen) atoms. The Balaban J connectivity index is 3.32. The normalized spacial score (nSPS) is 12.7. The molecule has 0 saturated heterocycles. The third kappa shape index (κ3) is 69.1. The smallest absolute Gasteiger partial charge is 0.305 e. The van der Waals surface area contributed by atoms with Gasteiger partial charge in [0.1, 0.15) is 0 Å². The molecule has 0 saturated carbocycles. The molecule has 0 aromatic carbocycles. The zero-order chi connectivity index (χ0) is 59.9. The van der Waals surface area contributed by atoms with Crippen molar-refractivity contribution in [3.63, 3.8) is 0 Å². The minimum atomic E-state index is -0.841. The molecular formula is C77H147NO5. The number of aliphatic hydroxyl groups excluding tert-OH is 2. The van der Waals surface area contributed by atoms with Crippen LogP contribution in [0.25, 0.3) is 0 Å². The SMILES string of the molecule is CCCCC/C=C\C/C=C\CCCCCCCCCCCC(=O)OCCCCCCCCCCCCCCCCCCCCCCCCCCCCCCCCCCC(=O)NC(CO)C(O)/C=C/CCCCCCCCCCCCCCC. The van der Waals surface area contributed by atoms with Gasteiger partial charge < -0.3 is 20.3 Å². The van der Waals surface area contributed by atoms with E-state index in [2.05, 4.69) is 43.5 Å². The van der Waals surface area contributed by atoms with Crippen molar-refractivity contribution in [1.82, 2.24) is 5.32 Å². The van der Waals surface area contributed by atoms with E-state index in [9.17, 15) is 19.8 Å². The van der Waals surface area contributed by atoms with Crippen LogP contribution in [0.4, 0.5) is 0 Å². The molecule has 0 heterocycles. The molecule has 0 spiro atoms. The third-order valence-electron chi connectivity index (χ3n) is 17.7. The van der Waals surface area contributed by atoms with Gasteiger partial charge in [0.2, 0.25) is 5.91 Å². The van der Waals surface area contributed by atoms with E-state index in [1.54, 1.807) is 6.08 Å². The zero-order valence-electron chi connectivity index (χ0n) is 56.2. The Kier molecular flexibility index (Phi) is 70.9. The molecule has 0 aromatic heterocycles. The van der Waals surface area contributed by atoms with Gasteiger partial charge in [-0.2, -0.15) is 0 Å². The summed E-state index contributed by atoms with van der Waals surface area (Å²) in [6.45, 7) is 4.91. The fraction of sp³-hybridized carbons (Fsp3) is 0.896. The highest BCUT2D eigenvalue weighted by Crippen LogP contribution is 2.19. The number of carbonyl (C=O) groups excluding carboxylic acids is 2. The van der Waals surface area contributed by atoms with Crippen molar-refractivity contribution in [2.24, 2.45) is 0 Å². The molecule has 3 N–H and O–H groups in total. The van der Waals surface area contributed by atoms with E-state index in [4.69, 9.17) is 4.74 Å². The van der Waals surface area contributed by atoms with E-state index in [1.807, 2.05) is 6.08 Å². The van der Waals surface area contributed by atoms with Gasteiger partial charge in [-0.25, -0.2) is 0 Å². The van der Waals surface area contributed by atoms with E-state index in [0.29, 0.717) is 19.4 Å². The predicted octanol–water partition coefficient (Wildman–Crippen LogP) is 24.7. The van der Waals surface area contributed by atoms with Crippen molar-refractivity contribution in [3.8, 4) is 0 Å². The Bertz CT molecular complexity index is 1340. The molecule has 0 aromatic rings. The summed E-state index contributed by atoms with van der Waals surface area (Å²) >= 11 is 0. The number of ether oxygens (including phenoxy) is 1. The first-order valence-electron chi connectivity index (χ1n) is 37.8. The topological polar surface area (TPSA) is 95.9 Å². The second-order valence-corrected chi connectivity index (χ2v) is 26.0. The van der Waals surface area contributed by atoms with Crippen LogP contribution in [-0.4, -0.2) is 47.4 Å². The van der Waals surface area contributed by atoms with Crippen LogP contribution in [0, 0.1) is 0 Å². The molecule has 0 radical (unpaired) electrons. The summed E-state index contributed by atoms with van der Waals surface area (Å²) in [6.07, 6.45) is 93.9. The highest BCUT2D eigenvalue weighted by molar-refractivity contribution is 5.76. The molecular weight excluding hydrogens is 1020 g/mol. The first kappa shape index (κ1) is 81.1. The van der Waals surface area contributed by atoms with E-state index >= 15 is 0 Å². The average molecular weight is 1170 g/mol. The predicted molar refractivity (Wildman–Crippen MR) is 366 cm³/mol. The van der Waals surface area contributed by atoms with Crippen LogP contribution in [0.5, 0.6) is 0 Å². The summed E-state index contributed by atoms with van der Waals surface area (Å²) < 4.78 is 5.51. The molecule has 6 nitrogen and oxygen atoms in total. The van der Waals surface area contributed by atoms with Crippen LogP contribution in [0.3, 0.4) is 0 Å². The lowest BCUT2D eigenvalue weighted by Crippen LogP contribution is -2.45. The van der Waals surface area contributed by atoms with E-state index < -0.39 is 12.1 Å². The number of nitrogens with one attached hydrogen (secondary N) is 1. The molecule has 0 aliphatic heterocycles. The Morgan fingerprint density at radius 1 is 0.337 bits per heavy atom. The summed E-state index contributed by atoms with van der Waals surface area (Å²) in [4.78, 5) is 24.6. The maximum Gasteiger partial charge on any atom is 0.305 e. The lowest BCUT2D eigenvalue weighted by Gasteiger charge is -2.20. The Hall–Kier alpha value is -1.92. The molecule has 0 rings (SSSR count). The fourth-order valence-corrected chi connectivity index (χ4v) is 11.9. The quantitative estimate of drug-likeness (QED) is 0.0320. The van der Waals surface area contributed by atoms with Gasteiger partial charge in [-0.15, -0.1) is 0 Å². The molecule has 0 fully saturated rings. The molecule has 2 atom stereocenters. The molecule has 2 unspecified atom stereocenters. The number of hydrogen-bond acceptors (Lipinski definition) is 5. The van der Waals surface area contributed by atoms with Gasteiger partial charge in [0.05, 0.1) is 25.4 Å². The molecule has 1 amide bonds. The number of aliphatic hydroxyl groups is 2. The number of esters is 1. The van der Waals surface area contributed by atoms with E-state index in [1.165, 1.54) is 340 Å². The third-order valence-corrected chi connectivity index (χ3v) is 17.7. The van der Waals surface area contributed by atoms with Crippen molar-refractivity contribution in [2.45, 2.75) is 431 Å². The van der Waals surface area contributed by atoms with Crippen molar-refractivity contribution in [1.29, 1.82) is 0 Å². The Morgan fingerprint density at radius 2 is 0.602 bits per heavy atom. The zero-order valence-corrected chi connectivity index (χ0v) is 56.2. The summed E-state index contributed by atoms with van der Waals surface area (Å²) in [6, 6.07) is -0.624. The first-order valence-corrected chi connectivity index (χ1v) is 37.8. The second-order valence-electron chi connectivity index (χ2n) is 26.0. The maximum atomic E-state index is 12.5. The number of amides is 1. The first-order chi connectivity index (χ1) is 41.0. The summed E-state index contributed by atoms with van der Waals surface area (Å²) in [5, 5.41) is 23.2. The number of rotatable bonds is 71. The minimum absolute atomic E-state index is 0.0177. The second kappa shape index (κ2) is 72.6. The van der Waals surface area contributed by atoms with Gasteiger partial charge in [0.15, 0.2) is 0 Å². The number of carbonyl (C=O) groups is 2. The summed E-state index contributed by atoms with van der Waals surface area (Å²) in [5.41, 5.74) is 0. The summed E-state index contributed by atoms with van der Waals surface area (Å²) in [5.74, 6) is -0.0432. The number of unbranched alkanes of at least 4 members (excludes halogenated alkanes) is 56. The standard InChI is InChI=1S/C77H147NO5/c1-3-5-7-9-11-13-15-17-19-20-35-39-43-47-51-55-59-63-67-71-77(82)83-72-68-64-60-56-52-48-44-40-37-34-32-30-28-26-24-22-21-23-25-27-29-31-33-36-38-42-46-50-54-58-62-66-70-76(81)78-74(73-79)75(80)69-65-61-57-53-49-45-41-18-16-14-12-10-8-6-4-2/h11,13,17,19,65,69,74-75,79-80H,3-10,12,14-16,18,20-64,66-68,70-73H2,1-2H3,(H,78,81)/b13-11-,19-17-,69-65+. The number of hydrogen-bond donors (Lipinski definition) is 3.